The summed E-state index contributed by atoms with van der Waals surface area (Å²) in [6.45, 7) is 2.39. The summed E-state index contributed by atoms with van der Waals surface area (Å²) in [5.41, 5.74) is 1.56. The van der Waals surface area contributed by atoms with Gasteiger partial charge in [-0.3, -0.25) is 0 Å². The van der Waals surface area contributed by atoms with Crippen LogP contribution in [0.5, 0.6) is 5.75 Å². The molecule has 2 aromatic carbocycles. The standard InChI is InChI=1S/C23H21F4N7O/c1-14-28-13-29-34(14)20-10-7-16(12-19(20)24)30-22-31-21-18(4-2-3-11-33(21)32-22)15-5-8-17(9-6-15)35-23(25,26)27/h5-10,12-13,18H,2-4,11H2,1H3,(H,30,32)/t18-/m1/s1. The molecule has 1 N–H and O–H groups in total. The number of ether oxygens (including phenoxy) is 1. The molecule has 35 heavy (non-hydrogen) atoms. The molecule has 182 valence electrons. The van der Waals surface area contributed by atoms with Crippen LogP contribution in [-0.2, 0) is 6.54 Å². The van der Waals surface area contributed by atoms with Crippen LogP contribution in [0.4, 0.5) is 29.2 Å². The van der Waals surface area contributed by atoms with Gasteiger partial charge in [0.1, 0.15) is 29.4 Å². The van der Waals surface area contributed by atoms with Crippen molar-refractivity contribution in [3.63, 3.8) is 0 Å². The van der Waals surface area contributed by atoms with Crippen molar-refractivity contribution in [2.75, 3.05) is 5.32 Å². The second-order valence-electron chi connectivity index (χ2n) is 8.19. The maximum absolute atomic E-state index is 14.7. The van der Waals surface area contributed by atoms with Crippen molar-refractivity contribution in [1.82, 2.24) is 29.5 Å². The van der Waals surface area contributed by atoms with E-state index in [1.165, 1.54) is 29.2 Å². The summed E-state index contributed by atoms with van der Waals surface area (Å²) in [5, 5.41) is 11.6. The molecule has 0 fully saturated rings. The normalized spacial score (nSPS) is 16.0. The van der Waals surface area contributed by atoms with Crippen molar-refractivity contribution in [3.8, 4) is 11.4 Å². The first-order chi connectivity index (χ1) is 16.8. The Morgan fingerprint density at radius 2 is 1.89 bits per heavy atom. The molecule has 5 rings (SSSR count). The third-order valence-corrected chi connectivity index (χ3v) is 5.79. The fourth-order valence-electron chi connectivity index (χ4n) is 4.21. The highest BCUT2D eigenvalue weighted by Gasteiger charge is 2.31. The molecule has 0 amide bonds. The lowest BCUT2D eigenvalue weighted by molar-refractivity contribution is -0.274. The van der Waals surface area contributed by atoms with Gasteiger partial charge < -0.3 is 10.1 Å². The van der Waals surface area contributed by atoms with Crippen LogP contribution in [0.2, 0.25) is 0 Å². The van der Waals surface area contributed by atoms with E-state index in [0.717, 1.165) is 24.8 Å². The minimum Gasteiger partial charge on any atom is -0.406 e. The summed E-state index contributed by atoms with van der Waals surface area (Å²) in [6, 6.07) is 10.5. The molecule has 0 aliphatic carbocycles. The van der Waals surface area contributed by atoms with E-state index in [2.05, 4.69) is 30.2 Å². The molecule has 12 heteroatoms. The Morgan fingerprint density at radius 3 is 2.57 bits per heavy atom. The van der Waals surface area contributed by atoms with E-state index >= 15 is 0 Å². The lowest BCUT2D eigenvalue weighted by Crippen LogP contribution is -2.17. The largest absolute Gasteiger partial charge is 0.573 e. The topological polar surface area (TPSA) is 82.7 Å². The number of fused-ring (bicyclic) bond motifs is 1. The molecular formula is C23H21F4N7O. The Labute approximate surface area is 197 Å². The Morgan fingerprint density at radius 1 is 1.09 bits per heavy atom. The minimum atomic E-state index is -4.74. The number of hydrogen-bond donors (Lipinski definition) is 1. The molecule has 3 heterocycles. The van der Waals surface area contributed by atoms with Crippen molar-refractivity contribution in [1.29, 1.82) is 0 Å². The number of nitrogens with zero attached hydrogens (tertiary/aromatic N) is 6. The predicted octanol–water partition coefficient (Wildman–Crippen LogP) is 5.26. The van der Waals surface area contributed by atoms with Crippen LogP contribution in [0.25, 0.3) is 5.69 Å². The number of alkyl halides is 3. The fourth-order valence-corrected chi connectivity index (χ4v) is 4.21. The fraction of sp³-hybridized carbons (Fsp3) is 0.304. The molecular weight excluding hydrogens is 466 g/mol. The quantitative estimate of drug-likeness (QED) is 0.387. The highest BCUT2D eigenvalue weighted by atomic mass is 19.4. The molecule has 4 aromatic rings. The van der Waals surface area contributed by atoms with Crippen LogP contribution >= 0.6 is 0 Å². The summed E-state index contributed by atoms with van der Waals surface area (Å²) in [4.78, 5) is 8.65. The number of hydrogen-bond acceptors (Lipinski definition) is 6. The Kier molecular flexibility index (Phi) is 5.87. The van der Waals surface area contributed by atoms with Crippen molar-refractivity contribution in [2.45, 2.75) is 45.0 Å². The second-order valence-corrected chi connectivity index (χ2v) is 8.19. The lowest BCUT2D eigenvalue weighted by Gasteiger charge is -2.15. The number of aromatic nitrogens is 6. The molecule has 0 saturated heterocycles. The first-order valence-electron chi connectivity index (χ1n) is 11.0. The van der Waals surface area contributed by atoms with Crippen molar-refractivity contribution >= 4 is 11.6 Å². The van der Waals surface area contributed by atoms with Crippen LogP contribution in [-0.4, -0.2) is 35.9 Å². The number of nitrogens with one attached hydrogen (secondary N) is 1. The molecule has 0 saturated carbocycles. The average Bonchev–Trinajstić information content (AvgIpc) is 3.34. The summed E-state index contributed by atoms with van der Waals surface area (Å²) < 4.78 is 59.4. The van der Waals surface area contributed by atoms with Gasteiger partial charge in [-0.1, -0.05) is 18.6 Å². The van der Waals surface area contributed by atoms with Crippen molar-refractivity contribution in [3.05, 3.63) is 71.8 Å². The third-order valence-electron chi connectivity index (χ3n) is 5.79. The van der Waals surface area contributed by atoms with E-state index in [4.69, 9.17) is 0 Å². The van der Waals surface area contributed by atoms with E-state index in [-0.39, 0.29) is 17.4 Å². The van der Waals surface area contributed by atoms with Gasteiger partial charge in [-0.2, -0.15) is 10.1 Å². The highest BCUT2D eigenvalue weighted by Crippen LogP contribution is 2.34. The summed E-state index contributed by atoms with van der Waals surface area (Å²) in [5.74, 6) is 0.676. The first kappa shape index (κ1) is 22.8. The van der Waals surface area contributed by atoms with E-state index in [9.17, 15) is 17.6 Å². The van der Waals surface area contributed by atoms with Crippen molar-refractivity contribution in [2.24, 2.45) is 0 Å². The molecule has 0 spiro atoms. The zero-order valence-corrected chi connectivity index (χ0v) is 18.6. The molecule has 2 aromatic heterocycles. The monoisotopic (exact) mass is 487 g/mol. The SMILES string of the molecule is Cc1ncnn1-c1ccc(Nc2nc3n(n2)CCCC[C@@H]3c2ccc(OC(F)(F)F)cc2)cc1F. The maximum atomic E-state index is 14.7. The van der Waals surface area contributed by atoms with Gasteiger partial charge in [0.2, 0.25) is 5.95 Å². The smallest absolute Gasteiger partial charge is 0.406 e. The first-order valence-corrected chi connectivity index (χ1v) is 11.0. The summed E-state index contributed by atoms with van der Waals surface area (Å²) in [7, 11) is 0. The zero-order chi connectivity index (χ0) is 24.6. The molecule has 8 nitrogen and oxygen atoms in total. The molecule has 0 bridgehead atoms. The van der Waals surface area contributed by atoms with Gasteiger partial charge in [-0.25, -0.2) is 18.7 Å². The van der Waals surface area contributed by atoms with Crippen LogP contribution < -0.4 is 10.1 Å². The molecule has 1 aliphatic heterocycles. The summed E-state index contributed by atoms with van der Waals surface area (Å²) in [6.07, 6.45) is -0.791. The Bertz CT molecular complexity index is 1330. The van der Waals surface area contributed by atoms with Gasteiger partial charge >= 0.3 is 6.36 Å². The molecule has 1 aliphatic rings. The number of rotatable bonds is 5. The number of anilines is 2. The third kappa shape index (κ3) is 4.96. The van der Waals surface area contributed by atoms with Gasteiger partial charge in [0.15, 0.2) is 5.82 Å². The van der Waals surface area contributed by atoms with Gasteiger partial charge in [0.05, 0.1) is 0 Å². The molecule has 1 atom stereocenters. The van der Waals surface area contributed by atoms with Crippen molar-refractivity contribution < 1.29 is 22.3 Å². The van der Waals surface area contributed by atoms with E-state index < -0.39 is 12.2 Å². The highest BCUT2D eigenvalue weighted by molar-refractivity contribution is 5.56. The van der Waals surface area contributed by atoms with Crippen LogP contribution in [0.15, 0.2) is 48.8 Å². The van der Waals surface area contributed by atoms with Gasteiger partial charge in [0.25, 0.3) is 0 Å². The van der Waals surface area contributed by atoms with E-state index in [1.54, 1.807) is 35.9 Å². The Balaban J connectivity index is 1.38. The molecule has 0 unspecified atom stereocenters. The van der Waals surface area contributed by atoms with Crippen LogP contribution in [0.3, 0.4) is 0 Å². The van der Waals surface area contributed by atoms with E-state index in [0.29, 0.717) is 29.8 Å². The van der Waals surface area contributed by atoms with Gasteiger partial charge in [-0.05, 0) is 55.7 Å². The summed E-state index contributed by atoms with van der Waals surface area (Å²) >= 11 is 0. The second kappa shape index (κ2) is 9.01. The van der Waals surface area contributed by atoms with Gasteiger partial charge in [0, 0.05) is 18.2 Å². The number of halogens is 4. The van der Waals surface area contributed by atoms with E-state index in [1.807, 2.05) is 0 Å². The van der Waals surface area contributed by atoms with Crippen LogP contribution in [0.1, 0.15) is 42.4 Å². The number of benzene rings is 2. The van der Waals surface area contributed by atoms with Crippen LogP contribution in [0, 0.1) is 12.7 Å². The Hall–Kier alpha value is -3.96. The number of aryl methyl sites for hydroxylation is 2. The minimum absolute atomic E-state index is 0.144. The zero-order valence-electron chi connectivity index (χ0n) is 18.6. The van der Waals surface area contributed by atoms with Gasteiger partial charge in [-0.15, -0.1) is 18.3 Å². The maximum Gasteiger partial charge on any atom is 0.573 e. The molecule has 0 radical (unpaired) electrons. The predicted molar refractivity (Wildman–Crippen MR) is 118 cm³/mol. The average molecular weight is 487 g/mol. The lowest BCUT2D eigenvalue weighted by atomic mass is 9.93.